The third-order valence-corrected chi connectivity index (χ3v) is 5.17. The van der Waals surface area contributed by atoms with Gasteiger partial charge in [-0.25, -0.2) is 4.98 Å². The lowest BCUT2D eigenvalue weighted by Crippen LogP contribution is -2.33. The number of halogens is 1. The molecule has 158 valence electrons. The molecule has 0 aliphatic carbocycles. The Morgan fingerprint density at radius 1 is 1.10 bits per heavy atom. The minimum Gasteiger partial charge on any atom is -0.343 e. The maximum Gasteiger partial charge on any atom is 0.251 e. The van der Waals surface area contributed by atoms with Crippen LogP contribution in [0.15, 0.2) is 48.5 Å². The van der Waals surface area contributed by atoms with Gasteiger partial charge in [0, 0.05) is 23.7 Å². The zero-order valence-electron chi connectivity index (χ0n) is 17.2. The van der Waals surface area contributed by atoms with Crippen molar-refractivity contribution in [3.05, 3.63) is 59.1 Å². The predicted octanol–water partition coefficient (Wildman–Crippen LogP) is 3.40. The van der Waals surface area contributed by atoms with E-state index in [4.69, 9.17) is 11.6 Å². The van der Waals surface area contributed by atoms with Crippen molar-refractivity contribution in [3.63, 3.8) is 0 Å². The van der Waals surface area contributed by atoms with E-state index in [1.165, 1.54) is 0 Å². The van der Waals surface area contributed by atoms with Crippen molar-refractivity contribution in [2.24, 2.45) is 0 Å². The summed E-state index contributed by atoms with van der Waals surface area (Å²) >= 11 is 5.91. The number of fused-ring (bicyclic) bond motifs is 1. The molecule has 0 saturated heterocycles. The Bertz CT molecular complexity index is 1030. The lowest BCUT2D eigenvalue weighted by atomic mass is 10.2. The van der Waals surface area contributed by atoms with Crippen molar-refractivity contribution < 1.29 is 9.59 Å². The molecule has 2 amide bonds. The second-order valence-corrected chi connectivity index (χ2v) is 7.28. The van der Waals surface area contributed by atoms with Crippen LogP contribution in [0.2, 0.25) is 5.02 Å². The summed E-state index contributed by atoms with van der Waals surface area (Å²) < 4.78 is 2.00. The van der Waals surface area contributed by atoms with E-state index in [1.54, 1.807) is 24.3 Å². The van der Waals surface area contributed by atoms with Crippen LogP contribution in [0.25, 0.3) is 11.0 Å². The van der Waals surface area contributed by atoms with Crippen LogP contribution in [-0.2, 0) is 11.3 Å². The smallest absolute Gasteiger partial charge is 0.251 e. The zero-order chi connectivity index (χ0) is 21.5. The van der Waals surface area contributed by atoms with E-state index in [-0.39, 0.29) is 18.4 Å². The van der Waals surface area contributed by atoms with Crippen LogP contribution in [0, 0.1) is 0 Å². The fourth-order valence-corrected chi connectivity index (χ4v) is 3.43. The number of rotatable bonds is 9. The average molecular weight is 428 g/mol. The summed E-state index contributed by atoms with van der Waals surface area (Å²) in [4.78, 5) is 31.6. The highest BCUT2D eigenvalue weighted by Gasteiger charge is 2.15. The second-order valence-electron chi connectivity index (χ2n) is 6.84. The van der Waals surface area contributed by atoms with Gasteiger partial charge in [-0.3, -0.25) is 14.9 Å². The first kappa shape index (κ1) is 21.8. The normalized spacial score (nSPS) is 11.1. The molecule has 8 heteroatoms. The van der Waals surface area contributed by atoms with E-state index >= 15 is 0 Å². The minimum atomic E-state index is -0.359. The van der Waals surface area contributed by atoms with Crippen molar-refractivity contribution in [3.8, 4) is 0 Å². The molecular formula is C22H26ClN5O2. The highest BCUT2D eigenvalue weighted by Crippen LogP contribution is 2.19. The first-order chi connectivity index (χ1) is 14.5. The summed E-state index contributed by atoms with van der Waals surface area (Å²) in [5.41, 5.74) is 2.18. The molecule has 2 aromatic carbocycles. The molecule has 0 radical (unpaired) electrons. The first-order valence-electron chi connectivity index (χ1n) is 10.0. The van der Waals surface area contributed by atoms with E-state index in [0.717, 1.165) is 30.7 Å². The summed E-state index contributed by atoms with van der Waals surface area (Å²) in [5.74, 6) is -0.224. The Labute approximate surface area is 181 Å². The van der Waals surface area contributed by atoms with Crippen LogP contribution in [0.5, 0.6) is 0 Å². The van der Waals surface area contributed by atoms with Crippen molar-refractivity contribution in [1.82, 2.24) is 19.8 Å². The van der Waals surface area contributed by atoms with Crippen molar-refractivity contribution in [2.75, 3.05) is 31.5 Å². The van der Waals surface area contributed by atoms with Crippen LogP contribution in [0.4, 0.5) is 5.95 Å². The summed E-state index contributed by atoms with van der Waals surface area (Å²) in [6.45, 7) is 7.56. The van der Waals surface area contributed by atoms with E-state index in [2.05, 4.69) is 34.4 Å². The molecule has 1 heterocycles. The second kappa shape index (κ2) is 10.2. The number of hydrogen-bond acceptors (Lipinski definition) is 4. The Morgan fingerprint density at radius 2 is 1.87 bits per heavy atom. The molecule has 0 saturated carbocycles. The van der Waals surface area contributed by atoms with Gasteiger partial charge in [0.1, 0.15) is 0 Å². The fourth-order valence-electron chi connectivity index (χ4n) is 3.24. The highest BCUT2D eigenvalue weighted by atomic mass is 35.5. The lowest BCUT2D eigenvalue weighted by Gasteiger charge is -2.19. The summed E-state index contributed by atoms with van der Waals surface area (Å²) in [6, 6.07) is 14.4. The van der Waals surface area contributed by atoms with Crippen molar-refractivity contribution in [2.45, 2.75) is 20.4 Å². The molecule has 0 atom stereocenters. The Hall–Kier alpha value is -2.90. The van der Waals surface area contributed by atoms with E-state index in [9.17, 15) is 9.59 Å². The fraction of sp³-hybridized carbons (Fsp3) is 0.318. The maximum atomic E-state index is 12.5. The molecular weight excluding hydrogens is 402 g/mol. The Balaban J connectivity index is 1.69. The van der Waals surface area contributed by atoms with E-state index < -0.39 is 0 Å². The molecule has 2 N–H and O–H groups in total. The largest absolute Gasteiger partial charge is 0.343 e. The standard InChI is InChI=1S/C22H26ClN5O2/c1-3-27(4-2)12-13-28-19-11-6-5-10-18(19)25-22(28)26-20(29)15-24-21(30)16-8-7-9-17(23)14-16/h5-11,14H,3-4,12-13,15H2,1-2H3,(H,24,30)(H,25,26,29). The molecule has 7 nitrogen and oxygen atoms in total. The molecule has 0 aliphatic rings. The number of imidazole rings is 1. The number of amides is 2. The number of benzene rings is 2. The zero-order valence-corrected chi connectivity index (χ0v) is 17.9. The molecule has 1 aromatic heterocycles. The van der Waals surface area contributed by atoms with Gasteiger partial charge in [0.05, 0.1) is 17.6 Å². The molecule has 3 rings (SSSR count). The molecule has 30 heavy (non-hydrogen) atoms. The number of likely N-dealkylation sites (N-methyl/N-ethyl adjacent to an activating group) is 1. The predicted molar refractivity (Wildman–Crippen MR) is 120 cm³/mol. The molecule has 0 bridgehead atoms. The molecule has 0 spiro atoms. The van der Waals surface area contributed by atoms with E-state index in [1.807, 2.05) is 28.8 Å². The number of carbonyl (C=O) groups is 2. The maximum absolute atomic E-state index is 12.5. The van der Waals surface area contributed by atoms with Gasteiger partial charge < -0.3 is 14.8 Å². The van der Waals surface area contributed by atoms with Crippen LogP contribution < -0.4 is 10.6 Å². The highest BCUT2D eigenvalue weighted by molar-refractivity contribution is 6.31. The molecule has 0 unspecified atom stereocenters. The number of nitrogens with one attached hydrogen (secondary N) is 2. The number of para-hydroxylation sites is 2. The van der Waals surface area contributed by atoms with Crippen LogP contribution in [0.1, 0.15) is 24.2 Å². The monoisotopic (exact) mass is 427 g/mol. The Morgan fingerprint density at radius 3 is 2.60 bits per heavy atom. The van der Waals surface area contributed by atoms with Crippen LogP contribution in [-0.4, -0.2) is 52.4 Å². The first-order valence-corrected chi connectivity index (χ1v) is 10.4. The van der Waals surface area contributed by atoms with Gasteiger partial charge >= 0.3 is 0 Å². The van der Waals surface area contributed by atoms with Gasteiger partial charge in [0.25, 0.3) is 5.91 Å². The topological polar surface area (TPSA) is 79.3 Å². The quantitative estimate of drug-likeness (QED) is 0.548. The number of nitrogens with zero attached hydrogens (tertiary/aromatic N) is 3. The SMILES string of the molecule is CCN(CC)CCn1c(NC(=O)CNC(=O)c2cccc(Cl)c2)nc2ccccc21. The lowest BCUT2D eigenvalue weighted by molar-refractivity contribution is -0.115. The van der Waals surface area contributed by atoms with Crippen LogP contribution in [0.3, 0.4) is 0 Å². The molecule has 3 aromatic rings. The summed E-state index contributed by atoms with van der Waals surface area (Å²) in [6.07, 6.45) is 0. The summed E-state index contributed by atoms with van der Waals surface area (Å²) in [5, 5.41) is 5.91. The van der Waals surface area contributed by atoms with Gasteiger partial charge in [-0.15, -0.1) is 0 Å². The number of aromatic nitrogens is 2. The molecule has 0 fully saturated rings. The van der Waals surface area contributed by atoms with Crippen molar-refractivity contribution >= 4 is 40.4 Å². The third-order valence-electron chi connectivity index (χ3n) is 4.94. The van der Waals surface area contributed by atoms with Gasteiger partial charge in [-0.05, 0) is 43.4 Å². The number of hydrogen-bond donors (Lipinski definition) is 2. The molecule has 0 aliphatic heterocycles. The van der Waals surface area contributed by atoms with Gasteiger partial charge in [0.2, 0.25) is 11.9 Å². The Kier molecular flexibility index (Phi) is 7.43. The number of carbonyl (C=O) groups excluding carboxylic acids is 2. The van der Waals surface area contributed by atoms with Crippen LogP contribution >= 0.6 is 11.6 Å². The van der Waals surface area contributed by atoms with Gasteiger partial charge in [-0.1, -0.05) is 43.6 Å². The van der Waals surface area contributed by atoms with Gasteiger partial charge in [-0.2, -0.15) is 0 Å². The number of anilines is 1. The summed E-state index contributed by atoms with van der Waals surface area (Å²) in [7, 11) is 0. The minimum absolute atomic E-state index is 0.162. The average Bonchev–Trinajstić information content (AvgIpc) is 3.09. The van der Waals surface area contributed by atoms with Gasteiger partial charge in [0.15, 0.2) is 0 Å². The van der Waals surface area contributed by atoms with E-state index in [0.29, 0.717) is 23.1 Å². The van der Waals surface area contributed by atoms with Crippen molar-refractivity contribution in [1.29, 1.82) is 0 Å². The third kappa shape index (κ3) is 5.37.